The number of carbonyl (C=O) groups is 2. The summed E-state index contributed by atoms with van der Waals surface area (Å²) in [7, 11) is 0. The molecular weight excluding hydrogens is 386 g/mol. The van der Waals surface area contributed by atoms with Crippen molar-refractivity contribution in [1.29, 1.82) is 0 Å². The summed E-state index contributed by atoms with van der Waals surface area (Å²) >= 11 is 1.36. The number of para-hydroxylation sites is 1. The van der Waals surface area contributed by atoms with Crippen LogP contribution in [0.2, 0.25) is 0 Å². The van der Waals surface area contributed by atoms with Crippen molar-refractivity contribution in [2.75, 3.05) is 13.2 Å². The number of ether oxygens (including phenoxy) is 1. The Morgan fingerprint density at radius 1 is 1.17 bits per heavy atom. The molecule has 0 saturated carbocycles. The molecule has 2 amide bonds. The van der Waals surface area contributed by atoms with Gasteiger partial charge in [0.2, 0.25) is 5.91 Å². The van der Waals surface area contributed by atoms with Crippen LogP contribution in [0.4, 0.5) is 0 Å². The Kier molecular flexibility index (Phi) is 7.43. The van der Waals surface area contributed by atoms with Crippen LogP contribution in [0, 0.1) is 0 Å². The number of hydrogen-bond donors (Lipinski definition) is 3. The topological polar surface area (TPSA) is 83.2 Å². The minimum absolute atomic E-state index is 0.172. The normalized spacial score (nSPS) is 12.2. The van der Waals surface area contributed by atoms with Crippen molar-refractivity contribution >= 4 is 34.1 Å². The first kappa shape index (κ1) is 21.1. The Labute approximate surface area is 174 Å². The lowest BCUT2D eigenvalue weighted by Crippen LogP contribution is -2.48. The maximum atomic E-state index is 12.8. The lowest BCUT2D eigenvalue weighted by Gasteiger charge is -2.18. The van der Waals surface area contributed by atoms with E-state index in [1.54, 1.807) is 6.07 Å². The standard InChI is InChI=1S/C22H27N3O3S/c1-15(2)28-11-6-10-23-21(26)19(25-22(27)20-9-5-12-29-20)13-16-14-24-18-8-4-3-7-17(16)18/h3-5,7-9,12,14-15,19,24H,6,10-11,13H2,1-2H3,(H,23,26)(H,25,27). The second kappa shape index (κ2) is 10.2. The number of nitrogens with one attached hydrogen (secondary N) is 3. The molecule has 0 saturated heterocycles. The van der Waals surface area contributed by atoms with E-state index in [4.69, 9.17) is 4.74 Å². The second-order valence-electron chi connectivity index (χ2n) is 7.13. The fraction of sp³-hybridized carbons (Fsp3) is 0.364. The molecule has 3 rings (SSSR count). The van der Waals surface area contributed by atoms with E-state index in [9.17, 15) is 9.59 Å². The number of rotatable bonds is 10. The summed E-state index contributed by atoms with van der Waals surface area (Å²) in [5.41, 5.74) is 2.01. The average Bonchev–Trinajstić information content (AvgIpc) is 3.37. The van der Waals surface area contributed by atoms with Crippen molar-refractivity contribution in [3.05, 3.63) is 58.4 Å². The molecule has 1 unspecified atom stereocenters. The summed E-state index contributed by atoms with van der Waals surface area (Å²) in [5, 5.41) is 8.72. The molecule has 29 heavy (non-hydrogen) atoms. The zero-order valence-corrected chi connectivity index (χ0v) is 17.6. The highest BCUT2D eigenvalue weighted by Gasteiger charge is 2.23. The van der Waals surface area contributed by atoms with Crippen molar-refractivity contribution in [2.45, 2.75) is 38.8 Å². The summed E-state index contributed by atoms with van der Waals surface area (Å²) in [6, 6.07) is 10.9. The highest BCUT2D eigenvalue weighted by Crippen LogP contribution is 2.19. The van der Waals surface area contributed by atoms with Crippen LogP contribution in [0.25, 0.3) is 10.9 Å². The molecule has 0 aliphatic rings. The first-order valence-electron chi connectivity index (χ1n) is 9.83. The number of amides is 2. The second-order valence-corrected chi connectivity index (χ2v) is 8.08. The maximum Gasteiger partial charge on any atom is 0.262 e. The van der Waals surface area contributed by atoms with Gasteiger partial charge >= 0.3 is 0 Å². The van der Waals surface area contributed by atoms with Gasteiger partial charge in [-0.25, -0.2) is 0 Å². The van der Waals surface area contributed by atoms with Crippen molar-refractivity contribution in [3.63, 3.8) is 0 Å². The molecule has 0 spiro atoms. The Morgan fingerprint density at radius 3 is 2.76 bits per heavy atom. The van der Waals surface area contributed by atoms with Crippen LogP contribution < -0.4 is 10.6 Å². The minimum atomic E-state index is -0.658. The van der Waals surface area contributed by atoms with Crippen molar-refractivity contribution in [3.8, 4) is 0 Å². The molecule has 0 aliphatic heterocycles. The number of thiophene rings is 1. The van der Waals surface area contributed by atoms with Gasteiger partial charge in [0, 0.05) is 36.7 Å². The zero-order chi connectivity index (χ0) is 20.6. The smallest absolute Gasteiger partial charge is 0.262 e. The lowest BCUT2D eigenvalue weighted by molar-refractivity contribution is -0.123. The van der Waals surface area contributed by atoms with Gasteiger partial charge in [-0.15, -0.1) is 11.3 Å². The van der Waals surface area contributed by atoms with Crippen LogP contribution in [0.3, 0.4) is 0 Å². The van der Waals surface area contributed by atoms with Crippen LogP contribution in [-0.4, -0.2) is 42.1 Å². The van der Waals surface area contributed by atoms with E-state index in [1.165, 1.54) is 11.3 Å². The third-order valence-corrected chi connectivity index (χ3v) is 5.41. The van der Waals surface area contributed by atoms with E-state index >= 15 is 0 Å². The predicted molar refractivity (Wildman–Crippen MR) is 116 cm³/mol. The Balaban J connectivity index is 1.67. The van der Waals surface area contributed by atoms with E-state index < -0.39 is 6.04 Å². The van der Waals surface area contributed by atoms with Crippen molar-refractivity contribution in [1.82, 2.24) is 15.6 Å². The number of carbonyl (C=O) groups excluding carboxylic acids is 2. The number of fused-ring (bicyclic) bond motifs is 1. The fourth-order valence-electron chi connectivity index (χ4n) is 3.09. The third kappa shape index (κ3) is 5.92. The number of aromatic nitrogens is 1. The van der Waals surface area contributed by atoms with Gasteiger partial charge in [-0.05, 0) is 43.3 Å². The summed E-state index contributed by atoms with van der Waals surface area (Å²) in [6.45, 7) is 5.06. The molecule has 154 valence electrons. The summed E-state index contributed by atoms with van der Waals surface area (Å²) in [6.07, 6.45) is 3.21. The first-order chi connectivity index (χ1) is 14.0. The van der Waals surface area contributed by atoms with E-state index in [-0.39, 0.29) is 17.9 Å². The minimum Gasteiger partial charge on any atom is -0.379 e. The van der Waals surface area contributed by atoms with Gasteiger partial charge < -0.3 is 20.4 Å². The number of H-pyrrole nitrogens is 1. The molecular formula is C22H27N3O3S. The Morgan fingerprint density at radius 2 is 2.00 bits per heavy atom. The third-order valence-electron chi connectivity index (χ3n) is 4.54. The molecule has 6 nitrogen and oxygen atoms in total. The average molecular weight is 414 g/mol. The molecule has 1 aromatic carbocycles. The highest BCUT2D eigenvalue weighted by molar-refractivity contribution is 7.12. The molecule has 2 aromatic heterocycles. The zero-order valence-electron chi connectivity index (χ0n) is 16.7. The molecule has 3 aromatic rings. The Hall–Kier alpha value is -2.64. The number of hydrogen-bond acceptors (Lipinski definition) is 4. The molecule has 0 aliphatic carbocycles. The summed E-state index contributed by atoms with van der Waals surface area (Å²) < 4.78 is 5.51. The van der Waals surface area contributed by atoms with Crippen LogP contribution in [0.1, 0.15) is 35.5 Å². The van der Waals surface area contributed by atoms with Gasteiger partial charge in [-0.3, -0.25) is 9.59 Å². The van der Waals surface area contributed by atoms with E-state index in [0.29, 0.717) is 24.4 Å². The van der Waals surface area contributed by atoms with E-state index in [0.717, 1.165) is 22.9 Å². The van der Waals surface area contributed by atoms with E-state index in [2.05, 4.69) is 15.6 Å². The molecule has 0 fully saturated rings. The van der Waals surface area contributed by atoms with Crippen molar-refractivity contribution < 1.29 is 14.3 Å². The molecule has 7 heteroatoms. The predicted octanol–water partition coefficient (Wildman–Crippen LogP) is 3.50. The quantitative estimate of drug-likeness (QED) is 0.445. The van der Waals surface area contributed by atoms with Crippen LogP contribution in [0.5, 0.6) is 0 Å². The first-order valence-corrected chi connectivity index (χ1v) is 10.7. The molecule has 0 bridgehead atoms. The highest BCUT2D eigenvalue weighted by atomic mass is 32.1. The van der Waals surface area contributed by atoms with Crippen LogP contribution in [0.15, 0.2) is 48.0 Å². The Bertz CT molecular complexity index is 934. The van der Waals surface area contributed by atoms with Gasteiger partial charge in [0.1, 0.15) is 6.04 Å². The summed E-state index contributed by atoms with van der Waals surface area (Å²) in [5.74, 6) is -0.423. The molecule has 1 atom stereocenters. The molecule has 2 heterocycles. The summed E-state index contributed by atoms with van der Waals surface area (Å²) in [4.78, 5) is 29.2. The molecule has 0 radical (unpaired) electrons. The number of benzene rings is 1. The van der Waals surface area contributed by atoms with Crippen molar-refractivity contribution in [2.24, 2.45) is 0 Å². The largest absolute Gasteiger partial charge is 0.379 e. The molecule has 3 N–H and O–H groups in total. The van der Waals surface area contributed by atoms with E-state index in [1.807, 2.05) is 55.8 Å². The van der Waals surface area contributed by atoms with Crippen LogP contribution >= 0.6 is 11.3 Å². The van der Waals surface area contributed by atoms with Gasteiger partial charge in [0.15, 0.2) is 0 Å². The van der Waals surface area contributed by atoms with Gasteiger partial charge in [-0.1, -0.05) is 24.3 Å². The maximum absolute atomic E-state index is 12.8. The number of aromatic amines is 1. The monoisotopic (exact) mass is 413 g/mol. The van der Waals surface area contributed by atoms with Gasteiger partial charge in [0.05, 0.1) is 11.0 Å². The lowest BCUT2D eigenvalue weighted by atomic mass is 10.0. The SMILES string of the molecule is CC(C)OCCCNC(=O)C(Cc1c[nH]c2ccccc12)NC(=O)c1cccs1. The fourth-order valence-corrected chi connectivity index (χ4v) is 3.72. The van der Waals surface area contributed by atoms with Crippen LogP contribution in [-0.2, 0) is 16.0 Å². The van der Waals surface area contributed by atoms with Gasteiger partial charge in [0.25, 0.3) is 5.91 Å². The van der Waals surface area contributed by atoms with Gasteiger partial charge in [-0.2, -0.15) is 0 Å².